The number of fused-ring (bicyclic) bond motifs is 1. The van der Waals surface area contributed by atoms with Crippen LogP contribution in [0.4, 0.5) is 4.79 Å². The zero-order valence-electron chi connectivity index (χ0n) is 20.5. The molecule has 3 aromatic carbocycles. The molecule has 2 aliphatic heterocycles. The molecule has 8 nitrogen and oxygen atoms in total. The summed E-state index contributed by atoms with van der Waals surface area (Å²) in [4.78, 5) is 44.1. The number of urea groups is 1. The minimum atomic E-state index is -0.822. The highest BCUT2D eigenvalue weighted by Gasteiger charge is 2.51. The molecule has 190 valence electrons. The lowest BCUT2D eigenvalue weighted by Crippen LogP contribution is -2.73. The Morgan fingerprint density at radius 3 is 2.32 bits per heavy atom. The van der Waals surface area contributed by atoms with E-state index >= 15 is 0 Å². The topological polar surface area (TPSA) is 76.2 Å². The second-order valence-corrected chi connectivity index (χ2v) is 10.2. The van der Waals surface area contributed by atoms with E-state index in [-0.39, 0.29) is 30.9 Å². The third kappa shape index (κ3) is 5.23. The van der Waals surface area contributed by atoms with Crippen LogP contribution in [0.5, 0.6) is 0 Å². The fourth-order valence-corrected chi connectivity index (χ4v) is 5.45. The number of hydrogen-bond acceptors (Lipinski definition) is 4. The van der Waals surface area contributed by atoms with Crippen LogP contribution in [0.3, 0.4) is 0 Å². The van der Waals surface area contributed by atoms with Gasteiger partial charge in [-0.1, -0.05) is 88.7 Å². The number of hydrogen-bond donors (Lipinski definition) is 1. The lowest BCUT2D eigenvalue weighted by Gasteiger charge is -2.54. The van der Waals surface area contributed by atoms with Gasteiger partial charge in [0.1, 0.15) is 12.2 Å². The van der Waals surface area contributed by atoms with Crippen molar-refractivity contribution in [2.45, 2.75) is 25.3 Å². The summed E-state index contributed by atoms with van der Waals surface area (Å²) in [6.45, 7) is 0.915. The Kier molecular flexibility index (Phi) is 7.25. The quantitative estimate of drug-likeness (QED) is 0.514. The van der Waals surface area contributed by atoms with Gasteiger partial charge in [0.2, 0.25) is 5.91 Å². The Morgan fingerprint density at radius 2 is 1.62 bits per heavy atom. The van der Waals surface area contributed by atoms with Crippen LogP contribution >= 0.6 is 15.9 Å². The van der Waals surface area contributed by atoms with Crippen LogP contribution in [-0.4, -0.2) is 64.0 Å². The number of amides is 4. The van der Waals surface area contributed by atoms with Gasteiger partial charge in [0.15, 0.2) is 0 Å². The van der Waals surface area contributed by atoms with Crippen molar-refractivity contribution in [1.82, 2.24) is 25.1 Å². The molecule has 2 fully saturated rings. The van der Waals surface area contributed by atoms with E-state index in [1.165, 1.54) is 0 Å². The molecule has 0 spiro atoms. The maximum Gasteiger partial charge on any atom is 0.334 e. The van der Waals surface area contributed by atoms with Crippen LogP contribution < -0.4 is 5.32 Å². The van der Waals surface area contributed by atoms with Crippen molar-refractivity contribution in [3.8, 4) is 0 Å². The molecular formula is C28H28BrN5O3. The molecule has 0 saturated carbocycles. The van der Waals surface area contributed by atoms with Crippen molar-refractivity contribution < 1.29 is 14.4 Å². The van der Waals surface area contributed by atoms with Crippen molar-refractivity contribution in [2.24, 2.45) is 0 Å². The number of benzene rings is 3. The van der Waals surface area contributed by atoms with Crippen molar-refractivity contribution in [1.29, 1.82) is 0 Å². The molecular weight excluding hydrogens is 534 g/mol. The van der Waals surface area contributed by atoms with Gasteiger partial charge in [-0.3, -0.25) is 9.59 Å². The number of carbonyl (C=O) groups is 3. The van der Waals surface area contributed by atoms with Crippen molar-refractivity contribution in [3.63, 3.8) is 0 Å². The largest absolute Gasteiger partial charge is 0.334 e. The van der Waals surface area contributed by atoms with Crippen LogP contribution in [0.2, 0.25) is 0 Å². The summed E-state index contributed by atoms with van der Waals surface area (Å²) in [5, 5.41) is 6.19. The van der Waals surface area contributed by atoms with Crippen LogP contribution in [0.15, 0.2) is 89.4 Å². The molecule has 37 heavy (non-hydrogen) atoms. The molecule has 0 bridgehead atoms. The van der Waals surface area contributed by atoms with Gasteiger partial charge in [0, 0.05) is 24.6 Å². The summed E-state index contributed by atoms with van der Waals surface area (Å²) >= 11 is 3.50. The number of nitrogens with zero attached hydrogens (tertiary/aromatic N) is 4. The molecule has 2 saturated heterocycles. The van der Waals surface area contributed by atoms with Gasteiger partial charge < -0.3 is 15.1 Å². The monoisotopic (exact) mass is 561 g/mol. The molecule has 2 atom stereocenters. The van der Waals surface area contributed by atoms with Crippen LogP contribution in [0.25, 0.3) is 0 Å². The molecule has 1 N–H and O–H groups in total. The predicted octanol–water partition coefficient (Wildman–Crippen LogP) is 3.76. The summed E-state index contributed by atoms with van der Waals surface area (Å²) in [5.74, 6) is -0.353. The summed E-state index contributed by atoms with van der Waals surface area (Å²) < 4.78 is 0.921. The number of nitrogens with one attached hydrogen (secondary N) is 1. The van der Waals surface area contributed by atoms with Gasteiger partial charge in [-0.25, -0.2) is 14.8 Å². The van der Waals surface area contributed by atoms with Gasteiger partial charge in [0.05, 0.1) is 13.1 Å². The minimum Gasteiger partial charge on any atom is -0.333 e. The molecule has 9 heteroatoms. The zero-order valence-corrected chi connectivity index (χ0v) is 22.0. The van der Waals surface area contributed by atoms with E-state index in [0.717, 1.165) is 21.2 Å². The van der Waals surface area contributed by atoms with E-state index in [1.54, 1.807) is 26.9 Å². The summed E-state index contributed by atoms with van der Waals surface area (Å²) in [7, 11) is 1.73. The lowest BCUT2D eigenvalue weighted by atomic mass is 9.98. The smallest absolute Gasteiger partial charge is 0.333 e. The Morgan fingerprint density at radius 1 is 0.946 bits per heavy atom. The first-order valence-corrected chi connectivity index (χ1v) is 12.9. The Labute approximate surface area is 224 Å². The molecule has 3 aromatic rings. The van der Waals surface area contributed by atoms with E-state index in [4.69, 9.17) is 0 Å². The third-order valence-electron chi connectivity index (χ3n) is 6.70. The number of hydrazine groups is 1. The van der Waals surface area contributed by atoms with E-state index in [1.807, 2.05) is 84.9 Å². The Balaban J connectivity index is 1.48. The predicted molar refractivity (Wildman–Crippen MR) is 143 cm³/mol. The second-order valence-electron chi connectivity index (χ2n) is 9.25. The molecule has 2 aliphatic rings. The molecule has 0 radical (unpaired) electrons. The SMILES string of the molecule is CN1CC(=O)N2[C@@H](c3ccccc3)C(=O)N(Cc3cccc(Br)c3)C[C@@H]2N1C(=O)NCc1ccccc1. The standard InChI is InChI=1S/C28H28BrN5O3/c1-31-19-25(35)33-24(34(31)28(37)30-16-20-9-4-2-5-10-20)18-32(17-21-11-8-14-23(29)15-21)27(36)26(33)22-12-6-3-7-13-22/h2-15,24,26H,16-19H2,1H3,(H,30,37)/t24-,26-/m0/s1. The summed E-state index contributed by atoms with van der Waals surface area (Å²) in [6, 6.07) is 25.6. The number of rotatable bonds is 5. The van der Waals surface area contributed by atoms with Gasteiger partial charge in [0.25, 0.3) is 5.91 Å². The van der Waals surface area contributed by atoms with Crippen molar-refractivity contribution >= 4 is 33.8 Å². The summed E-state index contributed by atoms with van der Waals surface area (Å²) in [5.41, 5.74) is 2.65. The minimum absolute atomic E-state index is 0.00248. The first-order chi connectivity index (χ1) is 17.9. The zero-order chi connectivity index (χ0) is 25.9. The molecule has 2 heterocycles. The molecule has 0 aliphatic carbocycles. The van der Waals surface area contributed by atoms with Gasteiger partial charge in [-0.15, -0.1) is 0 Å². The normalized spacial score (nSPS) is 20.1. The van der Waals surface area contributed by atoms with Gasteiger partial charge in [-0.05, 0) is 28.8 Å². The fraction of sp³-hybridized carbons (Fsp3) is 0.250. The van der Waals surface area contributed by atoms with Crippen molar-refractivity contribution in [2.75, 3.05) is 20.1 Å². The number of carbonyl (C=O) groups excluding carboxylic acids is 3. The average molecular weight is 562 g/mol. The highest BCUT2D eigenvalue weighted by molar-refractivity contribution is 9.10. The number of piperazine rings is 1. The van der Waals surface area contributed by atoms with Crippen LogP contribution in [0, 0.1) is 0 Å². The maximum absolute atomic E-state index is 13.9. The van der Waals surface area contributed by atoms with Crippen LogP contribution in [-0.2, 0) is 22.7 Å². The van der Waals surface area contributed by atoms with E-state index in [2.05, 4.69) is 21.2 Å². The summed E-state index contributed by atoms with van der Waals surface area (Å²) in [6.07, 6.45) is -0.655. The lowest BCUT2D eigenvalue weighted by molar-refractivity contribution is -0.188. The first kappa shape index (κ1) is 25.0. The van der Waals surface area contributed by atoms with E-state index < -0.39 is 12.2 Å². The number of halogens is 1. The first-order valence-electron chi connectivity index (χ1n) is 12.1. The number of likely N-dealkylation sites (N-methyl/N-ethyl adjacent to an activating group) is 1. The second kappa shape index (κ2) is 10.7. The van der Waals surface area contributed by atoms with Gasteiger partial charge >= 0.3 is 6.03 Å². The molecule has 0 unspecified atom stereocenters. The van der Waals surface area contributed by atoms with Crippen molar-refractivity contribution in [3.05, 3.63) is 106 Å². The Hall–Kier alpha value is -3.69. The maximum atomic E-state index is 13.9. The molecule has 0 aromatic heterocycles. The molecule has 4 amide bonds. The van der Waals surface area contributed by atoms with Gasteiger partial charge in [-0.2, -0.15) is 0 Å². The van der Waals surface area contributed by atoms with E-state index in [0.29, 0.717) is 13.1 Å². The van der Waals surface area contributed by atoms with Crippen LogP contribution in [0.1, 0.15) is 22.7 Å². The Bertz CT molecular complexity index is 1290. The fourth-order valence-electron chi connectivity index (χ4n) is 5.01. The highest BCUT2D eigenvalue weighted by Crippen LogP contribution is 2.35. The highest BCUT2D eigenvalue weighted by atomic mass is 79.9. The third-order valence-corrected chi connectivity index (χ3v) is 7.20. The van der Waals surface area contributed by atoms with E-state index in [9.17, 15) is 14.4 Å². The average Bonchev–Trinajstić information content (AvgIpc) is 2.89. The molecule has 5 rings (SSSR count).